The van der Waals surface area contributed by atoms with Crippen molar-refractivity contribution in [2.75, 3.05) is 0 Å². The van der Waals surface area contributed by atoms with Gasteiger partial charge >= 0.3 is 0 Å². The summed E-state index contributed by atoms with van der Waals surface area (Å²) in [5, 5.41) is 10.7. The average Bonchev–Trinajstić information content (AvgIpc) is 2.76. The summed E-state index contributed by atoms with van der Waals surface area (Å²) >= 11 is 0. The molecule has 12 heteroatoms. The van der Waals surface area contributed by atoms with Crippen molar-refractivity contribution in [1.82, 2.24) is 0 Å². The Hall–Kier alpha value is -1.90. The van der Waals surface area contributed by atoms with Crippen molar-refractivity contribution in [3.8, 4) is 0 Å². The molecule has 4 aliphatic rings. The average molecular weight is 499 g/mol. The fourth-order valence-electron chi connectivity index (χ4n) is 4.12. The standard InChI is InChI=1S/C21H22O10S2/c1-11-3-7-13(8-4-11)32(23,24)30-19-16-15(22)17-20(18(19)29-21(27-16)28-17)31-33(25,26)14-9-5-12(2)6-10-14/h3-10,15-22H,1-2H3/t15-,16-,17?,18+,19?,20?,21-/m1/s1. The molecule has 2 aromatic carbocycles. The Balaban J connectivity index is 1.44. The van der Waals surface area contributed by atoms with Crippen molar-refractivity contribution >= 4 is 20.2 Å². The first-order valence-corrected chi connectivity index (χ1v) is 13.0. The van der Waals surface area contributed by atoms with Crippen LogP contribution in [-0.2, 0) is 42.8 Å². The molecule has 178 valence electrons. The summed E-state index contributed by atoms with van der Waals surface area (Å²) in [7, 11) is -8.57. The molecular formula is C21H22O10S2. The van der Waals surface area contributed by atoms with Crippen LogP contribution in [0.15, 0.2) is 58.3 Å². The second kappa shape index (κ2) is 8.10. The molecule has 0 aromatic heterocycles. The number of benzene rings is 2. The third-order valence-corrected chi connectivity index (χ3v) is 8.52. The lowest BCUT2D eigenvalue weighted by molar-refractivity contribution is -0.476. The summed E-state index contributed by atoms with van der Waals surface area (Å²) in [6, 6.07) is 12.0. The van der Waals surface area contributed by atoms with Gasteiger partial charge in [-0.05, 0) is 38.1 Å². The summed E-state index contributed by atoms with van der Waals surface area (Å²) in [6.45, 7) is 2.42. The van der Waals surface area contributed by atoms with Gasteiger partial charge in [-0.3, -0.25) is 8.37 Å². The number of hydrogen-bond acceptors (Lipinski definition) is 10. The van der Waals surface area contributed by atoms with E-state index >= 15 is 0 Å². The maximum Gasteiger partial charge on any atom is 0.297 e. The molecule has 3 saturated heterocycles. The summed E-state index contributed by atoms with van der Waals surface area (Å²) in [5.74, 6) is 0. The molecular weight excluding hydrogens is 476 g/mol. The zero-order chi connectivity index (χ0) is 23.5. The molecule has 3 unspecified atom stereocenters. The van der Waals surface area contributed by atoms with Crippen molar-refractivity contribution in [2.24, 2.45) is 0 Å². The quantitative estimate of drug-likeness (QED) is 0.575. The molecule has 1 saturated carbocycles. The molecule has 0 radical (unpaired) electrons. The minimum Gasteiger partial charge on any atom is -0.387 e. The van der Waals surface area contributed by atoms with Gasteiger partial charge < -0.3 is 19.3 Å². The molecule has 3 aliphatic heterocycles. The second-order valence-electron chi connectivity index (χ2n) is 8.24. The summed E-state index contributed by atoms with van der Waals surface area (Å²) < 4.78 is 78.8. The van der Waals surface area contributed by atoms with Gasteiger partial charge in [0, 0.05) is 0 Å². The number of aliphatic hydroxyl groups excluding tert-OH is 1. The molecule has 6 rings (SSSR count). The highest BCUT2D eigenvalue weighted by atomic mass is 32.2. The second-order valence-corrected chi connectivity index (χ2v) is 11.4. The minimum atomic E-state index is -4.29. The minimum absolute atomic E-state index is 0.0996. The summed E-state index contributed by atoms with van der Waals surface area (Å²) in [4.78, 5) is -0.199. The molecule has 10 nitrogen and oxygen atoms in total. The van der Waals surface area contributed by atoms with Crippen LogP contribution in [-0.4, -0.2) is 65.0 Å². The first-order valence-electron chi connectivity index (χ1n) is 10.2. The van der Waals surface area contributed by atoms with Crippen LogP contribution in [0.4, 0.5) is 0 Å². The zero-order valence-electron chi connectivity index (χ0n) is 17.6. The fraction of sp³-hybridized carbons (Fsp3) is 0.429. The highest BCUT2D eigenvalue weighted by Gasteiger charge is 2.64. The van der Waals surface area contributed by atoms with E-state index < -0.39 is 63.3 Å². The van der Waals surface area contributed by atoms with Crippen molar-refractivity contribution < 1.29 is 44.5 Å². The van der Waals surface area contributed by atoms with Gasteiger partial charge in [-0.25, -0.2) is 0 Å². The van der Waals surface area contributed by atoms with Gasteiger partial charge in [-0.1, -0.05) is 35.4 Å². The fourth-order valence-corrected chi connectivity index (χ4v) is 6.31. The predicted molar refractivity (Wildman–Crippen MR) is 111 cm³/mol. The highest BCUT2D eigenvalue weighted by Crippen LogP contribution is 2.44. The van der Waals surface area contributed by atoms with Gasteiger partial charge in [0.25, 0.3) is 26.7 Å². The van der Waals surface area contributed by atoms with Crippen molar-refractivity contribution in [2.45, 2.75) is 66.7 Å². The van der Waals surface area contributed by atoms with Crippen LogP contribution in [0.1, 0.15) is 11.1 Å². The van der Waals surface area contributed by atoms with E-state index in [4.69, 9.17) is 22.6 Å². The van der Waals surface area contributed by atoms with E-state index in [1.165, 1.54) is 24.3 Å². The molecule has 4 fully saturated rings. The maximum atomic E-state index is 12.9. The van der Waals surface area contributed by atoms with Crippen LogP contribution < -0.4 is 0 Å². The van der Waals surface area contributed by atoms with Crippen LogP contribution in [0.3, 0.4) is 0 Å². The van der Waals surface area contributed by atoms with Crippen molar-refractivity contribution in [1.29, 1.82) is 0 Å². The van der Waals surface area contributed by atoms with Crippen molar-refractivity contribution in [3.63, 3.8) is 0 Å². The molecule has 1 N–H and O–H groups in total. The third-order valence-electron chi connectivity index (χ3n) is 5.87. The Labute approximate surface area is 191 Å². The first kappa shape index (κ1) is 22.9. The normalized spacial score (nSPS) is 33.4. The van der Waals surface area contributed by atoms with Gasteiger partial charge in [0.1, 0.15) is 36.6 Å². The molecule has 7 atom stereocenters. The Morgan fingerprint density at radius 1 is 0.667 bits per heavy atom. The number of ether oxygens (including phenoxy) is 3. The van der Waals surface area contributed by atoms with Crippen LogP contribution >= 0.6 is 0 Å². The summed E-state index contributed by atoms with van der Waals surface area (Å²) in [6.07, 6.45) is -7.54. The molecule has 1 aliphatic carbocycles. The molecule has 0 spiro atoms. The third kappa shape index (κ3) is 4.10. The number of aryl methyl sites for hydroxylation is 2. The van der Waals surface area contributed by atoms with Gasteiger partial charge in [0.15, 0.2) is 0 Å². The Kier molecular flexibility index (Phi) is 5.61. The van der Waals surface area contributed by atoms with Gasteiger partial charge in [-0.15, -0.1) is 0 Å². The Bertz CT molecular complexity index is 1150. The van der Waals surface area contributed by atoms with Gasteiger partial charge in [0.05, 0.1) is 9.79 Å². The van der Waals surface area contributed by atoms with Crippen LogP contribution in [0.25, 0.3) is 0 Å². The predicted octanol–water partition coefficient (Wildman–Crippen LogP) is 0.992. The number of hydrogen-bond donors (Lipinski definition) is 1. The largest absolute Gasteiger partial charge is 0.387 e. The van der Waals surface area contributed by atoms with Crippen molar-refractivity contribution in [3.05, 3.63) is 59.7 Å². The Morgan fingerprint density at radius 3 is 1.42 bits per heavy atom. The van der Waals surface area contributed by atoms with E-state index in [0.29, 0.717) is 0 Å². The molecule has 0 amide bonds. The van der Waals surface area contributed by atoms with E-state index in [0.717, 1.165) is 11.1 Å². The highest BCUT2D eigenvalue weighted by molar-refractivity contribution is 7.87. The van der Waals surface area contributed by atoms with Crippen LogP contribution in [0.2, 0.25) is 0 Å². The lowest BCUT2D eigenvalue weighted by atomic mass is 9.83. The van der Waals surface area contributed by atoms with Crippen LogP contribution in [0, 0.1) is 13.8 Å². The van der Waals surface area contributed by atoms with Crippen LogP contribution in [0.5, 0.6) is 0 Å². The first-order chi connectivity index (χ1) is 15.5. The Morgan fingerprint density at radius 2 is 1.03 bits per heavy atom. The maximum absolute atomic E-state index is 12.9. The molecule has 3 heterocycles. The van der Waals surface area contributed by atoms with E-state index in [-0.39, 0.29) is 9.79 Å². The van der Waals surface area contributed by atoms with Gasteiger partial charge in [-0.2, -0.15) is 16.8 Å². The topological polar surface area (TPSA) is 135 Å². The number of rotatable bonds is 6. The van der Waals surface area contributed by atoms with E-state index in [9.17, 15) is 21.9 Å². The lowest BCUT2D eigenvalue weighted by Crippen LogP contribution is -2.76. The number of aliphatic hydroxyl groups is 1. The molecule has 33 heavy (non-hydrogen) atoms. The SMILES string of the molecule is Cc1ccc(S(=O)(=O)OC2C3O[C@@H]4O[C@H]2C(OS(=O)(=O)c2ccc(C)cc2)[C@H](O4)[C@H]3O)cc1. The smallest absolute Gasteiger partial charge is 0.297 e. The molecule has 4 bridgehead atoms. The van der Waals surface area contributed by atoms with E-state index in [1.54, 1.807) is 24.3 Å². The van der Waals surface area contributed by atoms with E-state index in [1.807, 2.05) is 13.8 Å². The van der Waals surface area contributed by atoms with Gasteiger partial charge in [0.2, 0.25) is 0 Å². The lowest BCUT2D eigenvalue weighted by Gasteiger charge is -2.56. The van der Waals surface area contributed by atoms with E-state index in [2.05, 4.69) is 0 Å². The zero-order valence-corrected chi connectivity index (χ0v) is 19.2. The monoisotopic (exact) mass is 498 g/mol. The summed E-state index contributed by atoms with van der Waals surface area (Å²) in [5.41, 5.74) is 1.72. The molecule has 2 aromatic rings.